The summed E-state index contributed by atoms with van der Waals surface area (Å²) in [5.74, 6) is -1.02. The second kappa shape index (κ2) is 8.67. The Bertz CT molecular complexity index is 1180. The lowest BCUT2D eigenvalue weighted by Crippen LogP contribution is -2.45. The monoisotopic (exact) mass is 493 g/mol. The summed E-state index contributed by atoms with van der Waals surface area (Å²) >= 11 is 6.28. The number of fused-ring (bicyclic) bond motifs is 2. The lowest BCUT2D eigenvalue weighted by molar-refractivity contribution is -0.0413. The molecule has 2 N–H and O–H groups in total. The number of aliphatic hydroxyl groups is 1. The van der Waals surface area contributed by atoms with Crippen molar-refractivity contribution in [3.63, 3.8) is 0 Å². The van der Waals surface area contributed by atoms with Crippen molar-refractivity contribution in [2.24, 2.45) is 11.8 Å². The van der Waals surface area contributed by atoms with Gasteiger partial charge in [-0.3, -0.25) is 4.79 Å². The smallest absolute Gasteiger partial charge is 0.255 e. The fourth-order valence-corrected chi connectivity index (χ4v) is 7.73. The molecule has 2 fully saturated rings. The van der Waals surface area contributed by atoms with Crippen molar-refractivity contribution >= 4 is 33.0 Å². The van der Waals surface area contributed by atoms with Crippen LogP contribution in [0.15, 0.2) is 41.3 Å². The highest BCUT2D eigenvalue weighted by molar-refractivity contribution is 7.92. The van der Waals surface area contributed by atoms with Gasteiger partial charge in [-0.25, -0.2) is 12.8 Å². The molecule has 2 aliphatic carbocycles. The molecule has 0 aliphatic heterocycles. The van der Waals surface area contributed by atoms with Crippen LogP contribution in [0.1, 0.15) is 68.3 Å². The van der Waals surface area contributed by atoms with Crippen LogP contribution in [-0.4, -0.2) is 30.3 Å². The maximum absolute atomic E-state index is 14.0. The minimum Gasteiger partial charge on any atom is -0.390 e. The number of halogens is 2. The standard InChI is InChI=1S/C25H29ClFNO4S/c1-14(2)20-13-18(7-9-22(20)27)28-24(29)15-4-8-21(26)23(10-15)33(31,32)19-11-16-5-6-17(12-19)25(16,3)30/h4,7-10,13-14,16-17,19,30H,5-6,11-12H2,1-3H3,(H,28,29)/t16-,17?,19?,25-/m0/s1. The predicted octanol–water partition coefficient (Wildman–Crippen LogP) is 5.57. The first kappa shape index (κ1) is 24.2. The van der Waals surface area contributed by atoms with Crippen LogP contribution in [0.2, 0.25) is 5.02 Å². The van der Waals surface area contributed by atoms with Crippen molar-refractivity contribution in [3.8, 4) is 0 Å². The van der Waals surface area contributed by atoms with Gasteiger partial charge in [0.25, 0.3) is 5.91 Å². The van der Waals surface area contributed by atoms with Gasteiger partial charge in [-0.1, -0.05) is 25.4 Å². The maximum atomic E-state index is 14.0. The molecule has 33 heavy (non-hydrogen) atoms. The van der Waals surface area contributed by atoms with Gasteiger partial charge >= 0.3 is 0 Å². The topological polar surface area (TPSA) is 83.5 Å². The fraction of sp³-hybridized carbons (Fsp3) is 0.480. The van der Waals surface area contributed by atoms with Crippen LogP contribution in [0.25, 0.3) is 0 Å². The quantitative estimate of drug-likeness (QED) is 0.570. The number of carbonyl (C=O) groups excluding carboxylic acids is 1. The van der Waals surface area contributed by atoms with Gasteiger partial charge in [-0.15, -0.1) is 0 Å². The molecular weight excluding hydrogens is 465 g/mol. The second-order valence-electron chi connectivity index (χ2n) is 9.83. The minimum atomic E-state index is -3.79. The fourth-order valence-electron chi connectivity index (χ4n) is 5.33. The van der Waals surface area contributed by atoms with E-state index in [1.54, 1.807) is 13.0 Å². The van der Waals surface area contributed by atoms with Gasteiger partial charge in [-0.2, -0.15) is 0 Å². The Kier molecular flexibility index (Phi) is 6.35. The zero-order valence-corrected chi connectivity index (χ0v) is 20.5. The van der Waals surface area contributed by atoms with Gasteiger partial charge in [0, 0.05) is 11.3 Å². The summed E-state index contributed by atoms with van der Waals surface area (Å²) in [7, 11) is -3.79. The number of nitrogens with one attached hydrogen (secondary N) is 1. The van der Waals surface area contributed by atoms with Crippen LogP contribution in [0.4, 0.5) is 10.1 Å². The summed E-state index contributed by atoms with van der Waals surface area (Å²) in [5, 5.41) is 12.9. The lowest BCUT2D eigenvalue weighted by atomic mass is 9.76. The summed E-state index contributed by atoms with van der Waals surface area (Å²) < 4.78 is 41.0. The third kappa shape index (κ3) is 4.43. The number of benzene rings is 2. The Hall–Kier alpha value is -1.96. The molecule has 0 saturated heterocycles. The molecule has 4 atom stereocenters. The van der Waals surface area contributed by atoms with Gasteiger partial charge in [0.2, 0.25) is 0 Å². The first-order valence-electron chi connectivity index (χ1n) is 11.3. The number of hydrogen-bond donors (Lipinski definition) is 2. The molecule has 2 saturated carbocycles. The largest absolute Gasteiger partial charge is 0.390 e. The summed E-state index contributed by atoms with van der Waals surface area (Å²) in [6.07, 6.45) is 2.39. The van der Waals surface area contributed by atoms with Crippen molar-refractivity contribution in [1.29, 1.82) is 0 Å². The SMILES string of the molecule is CC(C)c1cc(NC(=O)c2ccc(Cl)c(S(=O)(=O)C3CC4CC[C@@H](C3)[C@]4(C)O)c2)ccc1F. The predicted molar refractivity (Wildman–Crippen MR) is 127 cm³/mol. The van der Waals surface area contributed by atoms with Crippen LogP contribution >= 0.6 is 11.6 Å². The van der Waals surface area contributed by atoms with Crippen LogP contribution in [0.3, 0.4) is 0 Å². The summed E-state index contributed by atoms with van der Waals surface area (Å²) in [6, 6.07) is 8.55. The van der Waals surface area contributed by atoms with E-state index in [1.807, 2.05) is 13.8 Å². The Morgan fingerprint density at radius 3 is 2.39 bits per heavy atom. The van der Waals surface area contributed by atoms with E-state index < -0.39 is 26.6 Å². The average Bonchev–Trinajstić information content (AvgIpc) is 2.92. The third-order valence-electron chi connectivity index (χ3n) is 7.43. The number of hydrogen-bond acceptors (Lipinski definition) is 4. The van der Waals surface area contributed by atoms with E-state index in [1.165, 1.54) is 30.3 Å². The highest BCUT2D eigenvalue weighted by Crippen LogP contribution is 2.51. The molecule has 2 unspecified atom stereocenters. The van der Waals surface area contributed by atoms with E-state index in [0.29, 0.717) is 24.1 Å². The summed E-state index contributed by atoms with van der Waals surface area (Å²) in [6.45, 7) is 5.52. The molecule has 0 aromatic heterocycles. The third-order valence-corrected chi connectivity index (χ3v) is 10.1. The average molecular weight is 494 g/mol. The van der Waals surface area contributed by atoms with Crippen molar-refractivity contribution in [1.82, 2.24) is 0 Å². The molecule has 5 nitrogen and oxygen atoms in total. The molecule has 0 heterocycles. The highest BCUT2D eigenvalue weighted by atomic mass is 35.5. The number of amides is 1. The van der Waals surface area contributed by atoms with Crippen molar-refractivity contribution in [2.75, 3.05) is 5.32 Å². The first-order chi connectivity index (χ1) is 15.4. The number of anilines is 1. The second-order valence-corrected chi connectivity index (χ2v) is 12.4. The van der Waals surface area contributed by atoms with E-state index in [4.69, 9.17) is 11.6 Å². The number of sulfone groups is 1. The molecule has 0 spiro atoms. The van der Waals surface area contributed by atoms with Gasteiger partial charge < -0.3 is 10.4 Å². The zero-order chi connectivity index (χ0) is 24.1. The van der Waals surface area contributed by atoms with Crippen molar-refractivity contribution in [2.45, 2.75) is 68.1 Å². The molecule has 2 aliphatic rings. The molecule has 2 aromatic carbocycles. The van der Waals surface area contributed by atoms with Gasteiger partial charge in [-0.05, 0) is 92.3 Å². The van der Waals surface area contributed by atoms with Gasteiger partial charge in [0.1, 0.15) is 5.82 Å². The van der Waals surface area contributed by atoms with E-state index >= 15 is 0 Å². The van der Waals surface area contributed by atoms with Crippen LogP contribution in [-0.2, 0) is 9.84 Å². The molecule has 1 amide bonds. The Morgan fingerprint density at radius 2 is 1.79 bits per heavy atom. The molecule has 4 rings (SSSR count). The number of rotatable bonds is 5. The van der Waals surface area contributed by atoms with Crippen molar-refractivity contribution in [3.05, 3.63) is 58.4 Å². The van der Waals surface area contributed by atoms with Crippen LogP contribution < -0.4 is 5.32 Å². The zero-order valence-electron chi connectivity index (χ0n) is 18.9. The van der Waals surface area contributed by atoms with Gasteiger partial charge in [0.15, 0.2) is 9.84 Å². The maximum Gasteiger partial charge on any atom is 0.255 e. The minimum absolute atomic E-state index is 0.0549. The van der Waals surface area contributed by atoms with Crippen LogP contribution in [0, 0.1) is 17.7 Å². The van der Waals surface area contributed by atoms with E-state index in [9.17, 15) is 22.7 Å². The Labute approximate surface area is 199 Å². The Balaban J connectivity index is 1.59. The molecule has 2 bridgehead atoms. The van der Waals surface area contributed by atoms with Crippen molar-refractivity contribution < 1.29 is 22.7 Å². The molecule has 2 aromatic rings. The lowest BCUT2D eigenvalue weighted by Gasteiger charge is -2.40. The summed E-state index contributed by atoms with van der Waals surface area (Å²) in [4.78, 5) is 12.8. The number of carbonyl (C=O) groups is 1. The molecule has 8 heteroatoms. The molecular formula is C25H29ClFNO4S. The molecule has 0 radical (unpaired) electrons. The first-order valence-corrected chi connectivity index (χ1v) is 13.2. The Morgan fingerprint density at radius 1 is 1.15 bits per heavy atom. The highest BCUT2D eigenvalue weighted by Gasteiger charge is 2.53. The van der Waals surface area contributed by atoms with E-state index in [0.717, 1.165) is 12.8 Å². The normalized spacial score (nSPS) is 27.1. The van der Waals surface area contributed by atoms with Crippen LogP contribution in [0.5, 0.6) is 0 Å². The van der Waals surface area contributed by atoms with E-state index in [2.05, 4.69) is 5.32 Å². The van der Waals surface area contributed by atoms with Gasteiger partial charge in [0.05, 0.1) is 20.8 Å². The summed E-state index contributed by atoms with van der Waals surface area (Å²) in [5.41, 5.74) is 0.228. The van der Waals surface area contributed by atoms with E-state index in [-0.39, 0.29) is 39.1 Å². The molecule has 178 valence electrons.